The van der Waals surface area contributed by atoms with Crippen molar-refractivity contribution in [3.8, 4) is 0 Å². The second-order valence-electron chi connectivity index (χ2n) is 5.38. The molecule has 0 fully saturated rings. The SMILES string of the molecule is CC(=NNC(=O)c1ccc(Br)s1)c1cccc(NC(=O)c2ccc(Br)o2)c1. The van der Waals surface area contributed by atoms with E-state index in [1.807, 2.05) is 6.07 Å². The minimum Gasteiger partial charge on any atom is -0.444 e. The van der Waals surface area contributed by atoms with Crippen molar-refractivity contribution in [2.75, 3.05) is 5.32 Å². The van der Waals surface area contributed by atoms with Crippen LogP contribution in [0, 0.1) is 0 Å². The van der Waals surface area contributed by atoms with Gasteiger partial charge in [0.2, 0.25) is 0 Å². The van der Waals surface area contributed by atoms with Crippen molar-refractivity contribution in [1.82, 2.24) is 5.43 Å². The smallest absolute Gasteiger partial charge is 0.291 e. The van der Waals surface area contributed by atoms with E-state index in [0.29, 0.717) is 20.9 Å². The number of halogens is 2. The first-order valence-electron chi connectivity index (χ1n) is 7.69. The summed E-state index contributed by atoms with van der Waals surface area (Å²) >= 11 is 7.81. The first-order chi connectivity index (χ1) is 12.9. The summed E-state index contributed by atoms with van der Waals surface area (Å²) in [4.78, 5) is 24.8. The monoisotopic (exact) mass is 509 g/mol. The molecule has 0 radical (unpaired) electrons. The summed E-state index contributed by atoms with van der Waals surface area (Å²) in [5, 5.41) is 6.89. The molecule has 2 heterocycles. The van der Waals surface area contributed by atoms with Crippen LogP contribution in [0.2, 0.25) is 0 Å². The highest BCUT2D eigenvalue weighted by Crippen LogP contribution is 2.22. The summed E-state index contributed by atoms with van der Waals surface area (Å²) in [5.74, 6) is -0.436. The molecular weight excluding hydrogens is 498 g/mol. The number of hydrogen-bond donors (Lipinski definition) is 2. The lowest BCUT2D eigenvalue weighted by atomic mass is 10.1. The van der Waals surface area contributed by atoms with Crippen LogP contribution in [-0.2, 0) is 0 Å². The zero-order valence-corrected chi connectivity index (χ0v) is 17.9. The molecule has 0 saturated heterocycles. The Labute approximate surface area is 175 Å². The molecule has 27 heavy (non-hydrogen) atoms. The maximum Gasteiger partial charge on any atom is 0.291 e. The van der Waals surface area contributed by atoms with Crippen LogP contribution in [0.15, 0.2) is 66.5 Å². The standard InChI is InChI=1S/C18H13Br2N3O3S/c1-10(22-23-18(25)14-6-8-16(20)27-14)11-3-2-4-12(9-11)21-17(24)13-5-7-15(19)26-13/h2-9H,1H3,(H,21,24)(H,23,25). The fourth-order valence-electron chi connectivity index (χ4n) is 2.14. The molecule has 3 aromatic rings. The van der Waals surface area contributed by atoms with E-state index in [1.54, 1.807) is 49.4 Å². The van der Waals surface area contributed by atoms with Gasteiger partial charge in [0.1, 0.15) is 0 Å². The predicted octanol–water partition coefficient (Wildman–Crippen LogP) is 5.27. The highest BCUT2D eigenvalue weighted by Gasteiger charge is 2.12. The number of thiophene rings is 1. The Bertz CT molecular complexity index is 1030. The second-order valence-corrected chi connectivity index (χ2v) is 8.63. The number of hydrazone groups is 1. The van der Waals surface area contributed by atoms with Gasteiger partial charge in [-0.15, -0.1) is 11.3 Å². The van der Waals surface area contributed by atoms with E-state index in [9.17, 15) is 9.59 Å². The summed E-state index contributed by atoms with van der Waals surface area (Å²) in [6, 6.07) is 13.9. The van der Waals surface area contributed by atoms with Crippen LogP contribution in [0.3, 0.4) is 0 Å². The van der Waals surface area contributed by atoms with Gasteiger partial charge in [-0.3, -0.25) is 9.59 Å². The number of carbonyl (C=O) groups excluding carboxylic acids is 2. The number of anilines is 1. The van der Waals surface area contributed by atoms with Crippen molar-refractivity contribution in [2.24, 2.45) is 5.10 Å². The average molecular weight is 511 g/mol. The van der Waals surface area contributed by atoms with Crippen LogP contribution in [0.1, 0.15) is 32.7 Å². The van der Waals surface area contributed by atoms with Crippen LogP contribution < -0.4 is 10.7 Å². The van der Waals surface area contributed by atoms with Gasteiger partial charge in [-0.05, 0) is 80.7 Å². The van der Waals surface area contributed by atoms with Gasteiger partial charge < -0.3 is 9.73 Å². The topological polar surface area (TPSA) is 83.7 Å². The van der Waals surface area contributed by atoms with Crippen molar-refractivity contribution in [2.45, 2.75) is 6.92 Å². The Balaban J connectivity index is 1.68. The Morgan fingerprint density at radius 1 is 1.07 bits per heavy atom. The van der Waals surface area contributed by atoms with Crippen LogP contribution in [-0.4, -0.2) is 17.5 Å². The van der Waals surface area contributed by atoms with E-state index >= 15 is 0 Å². The third-order valence-electron chi connectivity index (χ3n) is 3.46. The van der Waals surface area contributed by atoms with E-state index in [4.69, 9.17) is 4.42 Å². The lowest BCUT2D eigenvalue weighted by Gasteiger charge is -2.06. The zero-order valence-electron chi connectivity index (χ0n) is 14.0. The fourth-order valence-corrected chi connectivity index (χ4v) is 3.72. The summed E-state index contributed by atoms with van der Waals surface area (Å²) in [5.41, 5.74) is 4.49. The molecule has 0 aliphatic heterocycles. The first-order valence-corrected chi connectivity index (χ1v) is 10.1. The molecule has 2 amide bonds. The molecule has 1 aromatic carbocycles. The number of rotatable bonds is 5. The Kier molecular flexibility index (Phi) is 6.25. The summed E-state index contributed by atoms with van der Waals surface area (Å²) < 4.78 is 6.59. The van der Waals surface area contributed by atoms with Gasteiger partial charge in [-0.1, -0.05) is 12.1 Å². The molecular formula is C18H13Br2N3O3S. The maximum atomic E-state index is 12.2. The van der Waals surface area contributed by atoms with Gasteiger partial charge >= 0.3 is 0 Å². The number of nitrogens with one attached hydrogen (secondary N) is 2. The highest BCUT2D eigenvalue weighted by atomic mass is 79.9. The van der Waals surface area contributed by atoms with E-state index in [1.165, 1.54) is 11.3 Å². The lowest BCUT2D eigenvalue weighted by molar-refractivity contribution is 0.0957. The van der Waals surface area contributed by atoms with Gasteiger partial charge in [0.05, 0.1) is 14.4 Å². The number of nitrogens with zero attached hydrogens (tertiary/aromatic N) is 1. The molecule has 138 valence electrons. The van der Waals surface area contributed by atoms with Gasteiger partial charge in [0, 0.05) is 5.69 Å². The molecule has 0 saturated carbocycles. The third-order valence-corrected chi connectivity index (χ3v) is 5.51. The van der Waals surface area contributed by atoms with Gasteiger partial charge in [0.15, 0.2) is 10.4 Å². The first kappa shape index (κ1) is 19.5. The molecule has 0 bridgehead atoms. The number of furan rings is 1. The minimum atomic E-state index is -0.357. The minimum absolute atomic E-state index is 0.201. The molecule has 0 spiro atoms. The molecule has 0 unspecified atom stereocenters. The van der Waals surface area contributed by atoms with Crippen molar-refractivity contribution < 1.29 is 14.0 Å². The Morgan fingerprint density at radius 3 is 2.56 bits per heavy atom. The zero-order chi connectivity index (χ0) is 19.4. The van der Waals surface area contributed by atoms with Gasteiger partial charge in [-0.25, -0.2) is 5.43 Å². The van der Waals surface area contributed by atoms with Crippen molar-refractivity contribution >= 4 is 66.4 Å². The summed E-state index contributed by atoms with van der Waals surface area (Å²) in [6.07, 6.45) is 0. The third kappa shape index (κ3) is 5.15. The van der Waals surface area contributed by atoms with Gasteiger partial charge in [-0.2, -0.15) is 5.10 Å². The number of hydrogen-bond acceptors (Lipinski definition) is 5. The highest BCUT2D eigenvalue weighted by molar-refractivity contribution is 9.11. The second kappa shape index (κ2) is 8.64. The Morgan fingerprint density at radius 2 is 1.89 bits per heavy atom. The molecule has 0 aliphatic carbocycles. The normalized spacial score (nSPS) is 11.3. The summed E-state index contributed by atoms with van der Waals surface area (Å²) in [7, 11) is 0. The van der Waals surface area contributed by atoms with Crippen molar-refractivity contribution in [1.29, 1.82) is 0 Å². The van der Waals surface area contributed by atoms with Crippen LogP contribution in [0.5, 0.6) is 0 Å². The quantitative estimate of drug-likeness (QED) is 0.362. The molecule has 9 heteroatoms. The van der Waals surface area contributed by atoms with Crippen LogP contribution >= 0.6 is 43.2 Å². The van der Waals surface area contributed by atoms with E-state index < -0.39 is 0 Å². The molecule has 3 rings (SSSR count). The predicted molar refractivity (Wildman–Crippen MR) is 112 cm³/mol. The number of carbonyl (C=O) groups is 2. The molecule has 0 aliphatic rings. The fraction of sp³-hybridized carbons (Fsp3) is 0.0556. The lowest BCUT2D eigenvalue weighted by Crippen LogP contribution is -2.18. The van der Waals surface area contributed by atoms with E-state index in [-0.39, 0.29) is 17.6 Å². The molecule has 0 atom stereocenters. The van der Waals surface area contributed by atoms with Crippen LogP contribution in [0.4, 0.5) is 5.69 Å². The Hall–Kier alpha value is -2.23. The largest absolute Gasteiger partial charge is 0.444 e. The number of benzene rings is 1. The molecule has 2 aromatic heterocycles. The molecule has 6 nitrogen and oxygen atoms in total. The van der Waals surface area contributed by atoms with E-state index in [0.717, 1.165) is 9.35 Å². The summed E-state index contributed by atoms with van der Waals surface area (Å²) in [6.45, 7) is 1.77. The van der Waals surface area contributed by atoms with Crippen LogP contribution in [0.25, 0.3) is 0 Å². The number of amides is 2. The average Bonchev–Trinajstić information content (AvgIpc) is 3.28. The molecule has 2 N–H and O–H groups in total. The maximum absolute atomic E-state index is 12.2. The van der Waals surface area contributed by atoms with Gasteiger partial charge in [0.25, 0.3) is 11.8 Å². The van der Waals surface area contributed by atoms with Crippen molar-refractivity contribution in [3.63, 3.8) is 0 Å². The van der Waals surface area contributed by atoms with E-state index in [2.05, 4.69) is 47.7 Å². The van der Waals surface area contributed by atoms with Crippen molar-refractivity contribution in [3.05, 3.63) is 73.2 Å².